The van der Waals surface area contributed by atoms with Crippen molar-refractivity contribution in [3.8, 4) is 0 Å². The van der Waals surface area contributed by atoms with Crippen molar-refractivity contribution in [2.45, 2.75) is 31.8 Å². The summed E-state index contributed by atoms with van der Waals surface area (Å²) in [6, 6.07) is 0. The normalized spacial score (nSPS) is 11.9. The zero-order chi connectivity index (χ0) is 14.3. The Morgan fingerprint density at radius 3 is 2.84 bits per heavy atom. The quantitative estimate of drug-likeness (QED) is 0.536. The van der Waals surface area contributed by atoms with Crippen LogP contribution in [0.5, 0.6) is 0 Å². The highest BCUT2D eigenvalue weighted by atomic mass is 79.9. The molecule has 0 aliphatic heterocycles. The van der Waals surface area contributed by atoms with Crippen molar-refractivity contribution in [1.29, 1.82) is 0 Å². The van der Waals surface area contributed by atoms with Crippen LogP contribution < -0.4 is 4.72 Å². The van der Waals surface area contributed by atoms with E-state index < -0.39 is 10.0 Å². The second kappa shape index (κ2) is 7.98. The lowest BCUT2D eigenvalue weighted by Gasteiger charge is -2.04. The van der Waals surface area contributed by atoms with E-state index in [1.54, 1.807) is 13.1 Å². The predicted molar refractivity (Wildman–Crippen MR) is 77.1 cm³/mol. The molecule has 0 aliphatic rings. The smallest absolute Gasteiger partial charge is 0.259 e. The number of rotatable bonds is 9. The maximum Gasteiger partial charge on any atom is 0.259 e. The van der Waals surface area contributed by atoms with Gasteiger partial charge in [-0.25, -0.2) is 18.1 Å². The highest BCUT2D eigenvalue weighted by molar-refractivity contribution is 9.09. The van der Waals surface area contributed by atoms with Crippen LogP contribution in [0.4, 0.5) is 0 Å². The number of nitrogens with one attached hydrogen (secondary N) is 1. The summed E-state index contributed by atoms with van der Waals surface area (Å²) in [5.74, 6) is 0.706. The van der Waals surface area contributed by atoms with E-state index in [0.717, 1.165) is 18.3 Å². The van der Waals surface area contributed by atoms with Gasteiger partial charge in [-0.3, -0.25) is 0 Å². The summed E-state index contributed by atoms with van der Waals surface area (Å²) < 4.78 is 33.5. The van der Waals surface area contributed by atoms with Gasteiger partial charge >= 0.3 is 0 Å². The number of hydrogen-bond donors (Lipinski definition) is 1. The number of halogens is 1. The van der Waals surface area contributed by atoms with Crippen LogP contribution in [0.1, 0.15) is 19.2 Å². The first kappa shape index (κ1) is 16.6. The topological polar surface area (TPSA) is 73.2 Å². The zero-order valence-electron chi connectivity index (χ0n) is 11.2. The molecule has 0 bridgehead atoms. The van der Waals surface area contributed by atoms with E-state index in [9.17, 15) is 8.42 Å². The van der Waals surface area contributed by atoms with Crippen LogP contribution in [-0.4, -0.2) is 43.1 Å². The molecule has 6 nitrogen and oxygen atoms in total. The highest BCUT2D eigenvalue weighted by Crippen LogP contribution is 2.09. The van der Waals surface area contributed by atoms with E-state index in [4.69, 9.17) is 4.74 Å². The Kier molecular flexibility index (Phi) is 6.98. The first-order chi connectivity index (χ1) is 9.01. The fourth-order valence-corrected chi connectivity index (χ4v) is 2.80. The number of ether oxygens (including phenoxy) is 1. The van der Waals surface area contributed by atoms with Gasteiger partial charge in [0.2, 0.25) is 0 Å². The number of hydrogen-bond acceptors (Lipinski definition) is 4. The summed E-state index contributed by atoms with van der Waals surface area (Å²) in [5, 5.41) is 0.805. The van der Waals surface area contributed by atoms with E-state index in [1.165, 1.54) is 0 Å². The molecule has 1 aromatic rings. The lowest BCUT2D eigenvalue weighted by molar-refractivity contribution is 0.156. The Bertz CT molecular complexity index is 487. The van der Waals surface area contributed by atoms with Crippen molar-refractivity contribution in [1.82, 2.24) is 14.3 Å². The Labute approximate surface area is 122 Å². The minimum absolute atomic E-state index is 0.0685. The van der Waals surface area contributed by atoms with Gasteiger partial charge in [0, 0.05) is 24.6 Å². The van der Waals surface area contributed by atoms with Gasteiger partial charge in [0.05, 0.1) is 13.2 Å². The van der Waals surface area contributed by atoms with Gasteiger partial charge in [-0.15, -0.1) is 0 Å². The molecule has 0 aromatic carbocycles. The van der Waals surface area contributed by atoms with E-state index in [0.29, 0.717) is 19.0 Å². The number of alkyl halides is 1. The molecule has 1 aromatic heterocycles. The Hall–Kier alpha value is -0.440. The minimum atomic E-state index is -3.54. The fourth-order valence-electron chi connectivity index (χ4n) is 1.55. The van der Waals surface area contributed by atoms with Crippen molar-refractivity contribution in [3.05, 3.63) is 12.0 Å². The summed E-state index contributed by atoms with van der Waals surface area (Å²) in [6.45, 7) is 5.75. The van der Waals surface area contributed by atoms with Gasteiger partial charge in [-0.2, -0.15) is 0 Å². The molecule has 1 rings (SSSR count). The standard InChI is InChI=1S/C11H20BrN3O3S/c1-3-6-15-9-11(14-10(15)2)19(16,17)13-5-8-18-7-4-12/h9,13H,3-8H2,1-2H3. The van der Waals surface area contributed by atoms with Crippen LogP contribution in [0.25, 0.3) is 0 Å². The third-order valence-electron chi connectivity index (χ3n) is 2.45. The van der Waals surface area contributed by atoms with Gasteiger partial charge in [-0.05, 0) is 13.3 Å². The number of aromatic nitrogens is 2. The lowest BCUT2D eigenvalue weighted by atomic mass is 10.5. The number of nitrogens with zero attached hydrogens (tertiary/aromatic N) is 2. The van der Waals surface area contributed by atoms with Crippen molar-refractivity contribution in [2.24, 2.45) is 0 Å². The molecule has 0 unspecified atom stereocenters. The molecular weight excluding hydrogens is 334 g/mol. The van der Waals surface area contributed by atoms with E-state index in [-0.39, 0.29) is 11.6 Å². The summed E-state index contributed by atoms with van der Waals surface area (Å²) in [4.78, 5) is 4.08. The Morgan fingerprint density at radius 2 is 2.21 bits per heavy atom. The number of sulfonamides is 1. The molecular formula is C11H20BrN3O3S. The van der Waals surface area contributed by atoms with Gasteiger partial charge in [0.1, 0.15) is 5.82 Å². The molecule has 1 N–H and O–H groups in total. The molecule has 0 atom stereocenters. The lowest BCUT2D eigenvalue weighted by Crippen LogP contribution is -2.28. The second-order valence-electron chi connectivity index (χ2n) is 4.02. The third kappa shape index (κ3) is 5.21. The van der Waals surface area contributed by atoms with E-state index in [1.807, 2.05) is 11.5 Å². The summed E-state index contributed by atoms with van der Waals surface area (Å²) in [7, 11) is -3.54. The third-order valence-corrected chi connectivity index (χ3v) is 4.11. The molecule has 0 saturated carbocycles. The Morgan fingerprint density at radius 1 is 1.47 bits per heavy atom. The Balaban J connectivity index is 2.59. The van der Waals surface area contributed by atoms with Crippen molar-refractivity contribution in [2.75, 3.05) is 25.1 Å². The molecule has 1 heterocycles. The summed E-state index contributed by atoms with van der Waals surface area (Å²) >= 11 is 3.23. The largest absolute Gasteiger partial charge is 0.379 e. The summed E-state index contributed by atoms with van der Waals surface area (Å²) in [5.41, 5.74) is 0. The fraction of sp³-hybridized carbons (Fsp3) is 0.727. The van der Waals surface area contributed by atoms with Crippen LogP contribution in [-0.2, 0) is 21.3 Å². The predicted octanol–water partition coefficient (Wildman–Crippen LogP) is 1.29. The summed E-state index contributed by atoms with van der Waals surface area (Å²) in [6.07, 6.45) is 2.50. The highest BCUT2D eigenvalue weighted by Gasteiger charge is 2.18. The molecule has 0 saturated heterocycles. The van der Waals surface area contributed by atoms with Crippen LogP contribution in [0.15, 0.2) is 11.2 Å². The molecule has 0 fully saturated rings. The van der Waals surface area contributed by atoms with Crippen LogP contribution in [0.2, 0.25) is 0 Å². The maximum atomic E-state index is 12.0. The maximum absolute atomic E-state index is 12.0. The van der Waals surface area contributed by atoms with Crippen LogP contribution in [0, 0.1) is 6.92 Å². The van der Waals surface area contributed by atoms with E-state index >= 15 is 0 Å². The van der Waals surface area contributed by atoms with E-state index in [2.05, 4.69) is 25.6 Å². The monoisotopic (exact) mass is 353 g/mol. The average molecular weight is 354 g/mol. The van der Waals surface area contributed by atoms with Crippen molar-refractivity contribution >= 4 is 26.0 Å². The van der Waals surface area contributed by atoms with Gasteiger partial charge < -0.3 is 9.30 Å². The van der Waals surface area contributed by atoms with Crippen LogP contribution >= 0.6 is 15.9 Å². The first-order valence-electron chi connectivity index (χ1n) is 6.18. The van der Waals surface area contributed by atoms with Gasteiger partial charge in [0.15, 0.2) is 5.03 Å². The molecule has 110 valence electrons. The molecule has 0 spiro atoms. The SMILES string of the molecule is CCCn1cc(S(=O)(=O)NCCOCCBr)nc1C. The first-order valence-corrected chi connectivity index (χ1v) is 8.79. The molecule has 19 heavy (non-hydrogen) atoms. The van der Waals surface area contributed by atoms with Crippen molar-refractivity contribution < 1.29 is 13.2 Å². The molecule has 0 amide bonds. The zero-order valence-corrected chi connectivity index (χ0v) is 13.6. The molecule has 0 aliphatic carbocycles. The van der Waals surface area contributed by atoms with Gasteiger partial charge in [0.25, 0.3) is 10.0 Å². The average Bonchev–Trinajstić information content (AvgIpc) is 2.72. The van der Waals surface area contributed by atoms with Crippen LogP contribution in [0.3, 0.4) is 0 Å². The minimum Gasteiger partial charge on any atom is -0.379 e. The van der Waals surface area contributed by atoms with Gasteiger partial charge in [-0.1, -0.05) is 22.9 Å². The molecule has 0 radical (unpaired) electrons. The number of aryl methyl sites for hydroxylation is 2. The second-order valence-corrected chi connectivity index (χ2v) is 6.53. The molecule has 8 heteroatoms. The van der Waals surface area contributed by atoms with Crippen molar-refractivity contribution in [3.63, 3.8) is 0 Å². The number of imidazole rings is 1.